The Kier molecular flexibility index (Phi) is 4.53. The van der Waals surface area contributed by atoms with Crippen molar-refractivity contribution in [3.05, 3.63) is 124 Å². The molecule has 0 amide bonds. The highest BCUT2D eigenvalue weighted by Crippen LogP contribution is 2.58. The molecule has 6 rings (SSSR count). The third-order valence-electron chi connectivity index (χ3n) is 6.83. The number of ether oxygens (including phenoxy) is 2. The average Bonchev–Trinajstić information content (AvgIpc) is 3.13. The lowest BCUT2D eigenvalue weighted by Gasteiger charge is -2.38. The van der Waals surface area contributed by atoms with E-state index in [-0.39, 0.29) is 12.0 Å². The average molecular weight is 448 g/mol. The highest BCUT2D eigenvalue weighted by Gasteiger charge is 2.54. The van der Waals surface area contributed by atoms with Crippen LogP contribution in [0.15, 0.2) is 84.9 Å². The lowest BCUT2D eigenvalue weighted by Crippen LogP contribution is -2.34. The maximum atomic E-state index is 13.1. The van der Waals surface area contributed by atoms with Crippen LogP contribution in [0.25, 0.3) is 0 Å². The number of carbonyl (C=O) groups is 1. The van der Waals surface area contributed by atoms with E-state index in [1.165, 1.54) is 11.1 Å². The summed E-state index contributed by atoms with van der Waals surface area (Å²) in [6, 6.07) is 28.2. The summed E-state index contributed by atoms with van der Waals surface area (Å²) in [5, 5.41) is 3.68. The van der Waals surface area contributed by atoms with Crippen molar-refractivity contribution in [2.45, 2.75) is 32.4 Å². The molecular formula is C30H25NO3. The van der Waals surface area contributed by atoms with Crippen LogP contribution in [0.1, 0.15) is 56.7 Å². The van der Waals surface area contributed by atoms with Crippen LogP contribution in [-0.4, -0.2) is 5.97 Å². The molecule has 34 heavy (non-hydrogen) atoms. The number of fused-ring (bicyclic) bond motifs is 6. The van der Waals surface area contributed by atoms with Crippen LogP contribution in [-0.2, 0) is 10.3 Å². The Hall–Kier alpha value is -4.05. The van der Waals surface area contributed by atoms with E-state index in [4.69, 9.17) is 9.47 Å². The Morgan fingerprint density at radius 3 is 2.38 bits per heavy atom. The number of benzene rings is 4. The van der Waals surface area contributed by atoms with Crippen LogP contribution in [0.3, 0.4) is 0 Å². The van der Waals surface area contributed by atoms with Gasteiger partial charge in [0.1, 0.15) is 11.5 Å². The summed E-state index contributed by atoms with van der Waals surface area (Å²) in [5.74, 6) is 1.06. The molecule has 4 aromatic rings. The number of rotatable bonds is 3. The van der Waals surface area contributed by atoms with Crippen LogP contribution in [0.5, 0.6) is 11.5 Å². The molecule has 0 saturated carbocycles. The molecule has 0 bridgehead atoms. The van der Waals surface area contributed by atoms with Gasteiger partial charge in [-0.05, 0) is 56.7 Å². The van der Waals surface area contributed by atoms with Crippen LogP contribution in [0, 0.1) is 13.8 Å². The third kappa shape index (κ3) is 2.95. The molecule has 0 fully saturated rings. The summed E-state index contributed by atoms with van der Waals surface area (Å²) in [5.41, 5.74) is 6.36. The van der Waals surface area contributed by atoms with Gasteiger partial charge in [0.2, 0.25) is 0 Å². The van der Waals surface area contributed by atoms with Gasteiger partial charge in [0.25, 0.3) is 0 Å². The van der Waals surface area contributed by atoms with E-state index < -0.39 is 5.60 Å². The van der Waals surface area contributed by atoms with E-state index in [1.54, 1.807) is 0 Å². The maximum Gasteiger partial charge on any atom is 0.340 e. The first-order valence-electron chi connectivity index (χ1n) is 11.6. The topological polar surface area (TPSA) is 47.6 Å². The fourth-order valence-corrected chi connectivity index (χ4v) is 5.14. The first kappa shape index (κ1) is 20.5. The Balaban J connectivity index is 1.58. The standard InChI is InChI=1S/C30H25NO3/c1-18-11-14-21(15-12-18)20(3)31-25-9-6-10-27-28(25)30(24-17-19(2)13-16-26(24)33-27)23-8-5-4-7-22(23)29(32)34-30/h4-17,20,31H,1-3H3. The highest BCUT2D eigenvalue weighted by atomic mass is 16.6. The second kappa shape index (κ2) is 7.49. The quantitative estimate of drug-likeness (QED) is 0.342. The van der Waals surface area contributed by atoms with Gasteiger partial charge in [-0.1, -0.05) is 65.7 Å². The van der Waals surface area contributed by atoms with Gasteiger partial charge in [0, 0.05) is 22.9 Å². The van der Waals surface area contributed by atoms with Crippen LogP contribution >= 0.6 is 0 Å². The van der Waals surface area contributed by atoms with E-state index in [2.05, 4.69) is 49.5 Å². The first-order chi connectivity index (χ1) is 16.5. The molecule has 2 aliphatic rings. The molecule has 2 unspecified atom stereocenters. The second-order valence-corrected chi connectivity index (χ2v) is 9.17. The normalized spacial score (nSPS) is 18.4. The largest absolute Gasteiger partial charge is 0.456 e. The van der Waals surface area contributed by atoms with Gasteiger partial charge in [0.05, 0.1) is 11.1 Å². The number of aryl methyl sites for hydroxylation is 2. The van der Waals surface area contributed by atoms with Gasteiger partial charge in [-0.3, -0.25) is 0 Å². The monoisotopic (exact) mass is 447 g/mol. The van der Waals surface area contributed by atoms with Gasteiger partial charge in [-0.15, -0.1) is 0 Å². The molecule has 4 heteroatoms. The van der Waals surface area contributed by atoms with Crippen molar-refractivity contribution in [3.63, 3.8) is 0 Å². The van der Waals surface area contributed by atoms with E-state index in [0.29, 0.717) is 17.1 Å². The van der Waals surface area contributed by atoms with Gasteiger partial charge in [-0.25, -0.2) is 4.79 Å². The first-order valence-corrected chi connectivity index (χ1v) is 11.6. The van der Waals surface area contributed by atoms with E-state index in [1.807, 2.05) is 61.5 Å². The minimum absolute atomic E-state index is 0.0374. The molecule has 0 radical (unpaired) electrons. The molecule has 0 aliphatic carbocycles. The van der Waals surface area contributed by atoms with Gasteiger partial charge in [-0.2, -0.15) is 0 Å². The number of hydrogen-bond donors (Lipinski definition) is 1. The molecule has 4 aromatic carbocycles. The fourth-order valence-electron chi connectivity index (χ4n) is 5.14. The van der Waals surface area contributed by atoms with Crippen LogP contribution in [0.2, 0.25) is 0 Å². The molecule has 0 saturated heterocycles. The summed E-state index contributed by atoms with van der Waals surface area (Å²) < 4.78 is 12.7. The molecule has 2 heterocycles. The molecule has 2 aliphatic heterocycles. The molecule has 2 atom stereocenters. The highest BCUT2D eigenvalue weighted by molar-refractivity contribution is 5.97. The summed E-state index contributed by atoms with van der Waals surface area (Å²) in [4.78, 5) is 13.1. The smallest absolute Gasteiger partial charge is 0.340 e. The molecule has 1 N–H and O–H groups in total. The number of esters is 1. The lowest BCUT2D eigenvalue weighted by atomic mass is 9.76. The molecule has 4 nitrogen and oxygen atoms in total. The van der Waals surface area contributed by atoms with Crippen molar-refractivity contribution >= 4 is 11.7 Å². The number of carbonyl (C=O) groups excluding carboxylic acids is 1. The zero-order valence-electron chi connectivity index (χ0n) is 19.4. The number of nitrogens with one attached hydrogen (secondary N) is 1. The predicted molar refractivity (Wildman–Crippen MR) is 133 cm³/mol. The minimum Gasteiger partial charge on any atom is -0.456 e. The van der Waals surface area contributed by atoms with Crippen molar-refractivity contribution in [2.24, 2.45) is 0 Å². The van der Waals surface area contributed by atoms with Crippen molar-refractivity contribution in [1.82, 2.24) is 0 Å². The van der Waals surface area contributed by atoms with E-state index >= 15 is 0 Å². The molecule has 1 spiro atoms. The van der Waals surface area contributed by atoms with Crippen molar-refractivity contribution < 1.29 is 14.3 Å². The summed E-state index contributed by atoms with van der Waals surface area (Å²) in [6.07, 6.45) is 0. The van der Waals surface area contributed by atoms with Crippen molar-refractivity contribution in [2.75, 3.05) is 5.32 Å². The zero-order valence-corrected chi connectivity index (χ0v) is 19.4. The Bertz CT molecular complexity index is 1440. The van der Waals surface area contributed by atoms with Crippen molar-refractivity contribution in [3.8, 4) is 11.5 Å². The fraction of sp³-hybridized carbons (Fsp3) is 0.167. The maximum absolute atomic E-state index is 13.1. The zero-order chi connectivity index (χ0) is 23.4. The van der Waals surface area contributed by atoms with Gasteiger partial charge < -0.3 is 14.8 Å². The molecule has 0 aromatic heterocycles. The number of anilines is 1. The SMILES string of the molecule is Cc1ccc(C(C)Nc2cccc3c2C2(OC(=O)c4ccccc42)c2cc(C)ccc2O3)cc1. The Labute approximate surface area is 199 Å². The third-order valence-corrected chi connectivity index (χ3v) is 6.83. The van der Waals surface area contributed by atoms with E-state index in [9.17, 15) is 4.79 Å². The van der Waals surface area contributed by atoms with Crippen LogP contribution < -0.4 is 10.1 Å². The van der Waals surface area contributed by atoms with E-state index in [0.717, 1.165) is 27.9 Å². The molecular weight excluding hydrogens is 422 g/mol. The van der Waals surface area contributed by atoms with Gasteiger partial charge in [0.15, 0.2) is 5.60 Å². The Morgan fingerprint density at radius 2 is 1.56 bits per heavy atom. The van der Waals surface area contributed by atoms with Crippen molar-refractivity contribution in [1.29, 1.82) is 0 Å². The van der Waals surface area contributed by atoms with Crippen LogP contribution in [0.4, 0.5) is 5.69 Å². The summed E-state index contributed by atoms with van der Waals surface area (Å²) in [7, 11) is 0. The second-order valence-electron chi connectivity index (χ2n) is 9.17. The predicted octanol–water partition coefficient (Wildman–Crippen LogP) is 7.04. The molecule has 168 valence electrons. The number of hydrogen-bond acceptors (Lipinski definition) is 4. The van der Waals surface area contributed by atoms with Gasteiger partial charge >= 0.3 is 5.97 Å². The minimum atomic E-state index is -1.08. The lowest BCUT2D eigenvalue weighted by molar-refractivity contribution is 0.0226. The Morgan fingerprint density at radius 1 is 0.794 bits per heavy atom. The summed E-state index contributed by atoms with van der Waals surface area (Å²) >= 11 is 0. The summed E-state index contributed by atoms with van der Waals surface area (Å²) in [6.45, 7) is 6.25.